The first-order valence-electron chi connectivity index (χ1n) is 6.91. The Kier molecular flexibility index (Phi) is 5.49. The first-order valence-corrected chi connectivity index (χ1v) is 6.91. The van der Waals surface area contributed by atoms with E-state index in [1.54, 1.807) is 0 Å². The molecule has 1 aliphatic rings. The lowest BCUT2D eigenvalue weighted by atomic mass is 10.1. The SMILES string of the molecule is CCOc1ccc(CCOCCNC2CC2)cc1. The van der Waals surface area contributed by atoms with Gasteiger partial charge in [0.05, 0.1) is 19.8 Å². The van der Waals surface area contributed by atoms with Gasteiger partial charge >= 0.3 is 0 Å². The zero-order chi connectivity index (χ0) is 12.6. The van der Waals surface area contributed by atoms with E-state index in [-0.39, 0.29) is 0 Å². The Hall–Kier alpha value is -1.06. The number of rotatable bonds is 9. The Morgan fingerprint density at radius 3 is 2.61 bits per heavy atom. The molecule has 1 fully saturated rings. The molecular formula is C15H23NO2. The molecule has 0 atom stereocenters. The van der Waals surface area contributed by atoms with Crippen LogP contribution in [0.2, 0.25) is 0 Å². The molecule has 3 nitrogen and oxygen atoms in total. The summed E-state index contributed by atoms with van der Waals surface area (Å²) >= 11 is 0. The minimum Gasteiger partial charge on any atom is -0.494 e. The van der Waals surface area contributed by atoms with Crippen molar-refractivity contribution in [3.63, 3.8) is 0 Å². The molecule has 0 radical (unpaired) electrons. The molecular weight excluding hydrogens is 226 g/mol. The summed E-state index contributed by atoms with van der Waals surface area (Å²) in [6.45, 7) is 5.30. The van der Waals surface area contributed by atoms with Crippen molar-refractivity contribution in [1.82, 2.24) is 5.32 Å². The van der Waals surface area contributed by atoms with Crippen LogP contribution < -0.4 is 10.1 Å². The van der Waals surface area contributed by atoms with Gasteiger partial charge in [-0.05, 0) is 43.9 Å². The van der Waals surface area contributed by atoms with Gasteiger partial charge in [0.25, 0.3) is 0 Å². The smallest absolute Gasteiger partial charge is 0.119 e. The van der Waals surface area contributed by atoms with E-state index in [2.05, 4.69) is 17.4 Å². The minimum absolute atomic E-state index is 0.719. The predicted octanol–water partition coefficient (Wildman–Crippen LogP) is 2.40. The summed E-state index contributed by atoms with van der Waals surface area (Å²) in [6.07, 6.45) is 3.65. The van der Waals surface area contributed by atoms with Gasteiger partial charge in [-0.25, -0.2) is 0 Å². The predicted molar refractivity (Wildman–Crippen MR) is 73.2 cm³/mol. The van der Waals surface area contributed by atoms with Crippen molar-refractivity contribution in [3.8, 4) is 5.75 Å². The Labute approximate surface area is 109 Å². The summed E-state index contributed by atoms with van der Waals surface area (Å²) < 4.78 is 11.0. The molecule has 0 amide bonds. The van der Waals surface area contributed by atoms with Gasteiger partial charge in [-0.15, -0.1) is 0 Å². The van der Waals surface area contributed by atoms with Crippen LogP contribution in [-0.2, 0) is 11.2 Å². The van der Waals surface area contributed by atoms with Crippen LogP contribution in [0.4, 0.5) is 0 Å². The van der Waals surface area contributed by atoms with Crippen LogP contribution in [0.15, 0.2) is 24.3 Å². The second-order valence-electron chi connectivity index (χ2n) is 4.67. The fraction of sp³-hybridized carbons (Fsp3) is 0.600. The van der Waals surface area contributed by atoms with Gasteiger partial charge < -0.3 is 14.8 Å². The number of hydrogen-bond acceptors (Lipinski definition) is 3. The fourth-order valence-corrected chi connectivity index (χ4v) is 1.83. The number of hydrogen-bond donors (Lipinski definition) is 1. The van der Waals surface area contributed by atoms with Gasteiger partial charge in [0.15, 0.2) is 0 Å². The summed E-state index contributed by atoms with van der Waals surface area (Å²) in [5, 5.41) is 3.44. The number of nitrogens with one attached hydrogen (secondary N) is 1. The van der Waals surface area contributed by atoms with Gasteiger partial charge in [-0.2, -0.15) is 0 Å². The molecule has 0 heterocycles. The molecule has 1 aromatic rings. The van der Waals surface area contributed by atoms with E-state index in [1.165, 1.54) is 18.4 Å². The third kappa shape index (κ3) is 5.07. The van der Waals surface area contributed by atoms with E-state index in [0.29, 0.717) is 0 Å². The Morgan fingerprint density at radius 1 is 1.17 bits per heavy atom. The van der Waals surface area contributed by atoms with E-state index in [1.807, 2.05) is 19.1 Å². The highest BCUT2D eigenvalue weighted by atomic mass is 16.5. The van der Waals surface area contributed by atoms with Crippen LogP contribution in [0.3, 0.4) is 0 Å². The van der Waals surface area contributed by atoms with Crippen molar-refractivity contribution in [2.24, 2.45) is 0 Å². The van der Waals surface area contributed by atoms with Crippen LogP contribution in [0.1, 0.15) is 25.3 Å². The fourth-order valence-electron chi connectivity index (χ4n) is 1.83. The highest BCUT2D eigenvalue weighted by Crippen LogP contribution is 2.17. The van der Waals surface area contributed by atoms with E-state index in [0.717, 1.165) is 44.6 Å². The molecule has 0 saturated heterocycles. The summed E-state index contributed by atoms with van der Waals surface area (Å²) in [5.74, 6) is 0.941. The van der Waals surface area contributed by atoms with Crippen LogP contribution in [0, 0.1) is 0 Å². The van der Waals surface area contributed by atoms with E-state index in [4.69, 9.17) is 9.47 Å². The molecule has 1 N–H and O–H groups in total. The minimum atomic E-state index is 0.719. The van der Waals surface area contributed by atoms with Gasteiger partial charge in [-0.1, -0.05) is 12.1 Å². The van der Waals surface area contributed by atoms with E-state index < -0.39 is 0 Å². The van der Waals surface area contributed by atoms with Crippen molar-refractivity contribution >= 4 is 0 Å². The monoisotopic (exact) mass is 249 g/mol. The second-order valence-corrected chi connectivity index (χ2v) is 4.67. The average Bonchev–Trinajstić information content (AvgIpc) is 3.20. The molecule has 1 aliphatic carbocycles. The number of ether oxygens (including phenoxy) is 2. The summed E-state index contributed by atoms with van der Waals surface area (Å²) in [7, 11) is 0. The van der Waals surface area contributed by atoms with Crippen molar-refractivity contribution in [2.45, 2.75) is 32.2 Å². The Bertz CT molecular complexity index is 333. The topological polar surface area (TPSA) is 30.5 Å². The maximum Gasteiger partial charge on any atom is 0.119 e. The normalized spacial score (nSPS) is 14.7. The average molecular weight is 249 g/mol. The molecule has 0 bridgehead atoms. The molecule has 0 spiro atoms. The molecule has 18 heavy (non-hydrogen) atoms. The first-order chi connectivity index (χ1) is 8.88. The van der Waals surface area contributed by atoms with Crippen LogP contribution >= 0.6 is 0 Å². The van der Waals surface area contributed by atoms with Crippen LogP contribution in [0.25, 0.3) is 0 Å². The third-order valence-electron chi connectivity index (χ3n) is 3.03. The lowest BCUT2D eigenvalue weighted by molar-refractivity contribution is 0.138. The molecule has 0 unspecified atom stereocenters. The Balaban J connectivity index is 1.54. The summed E-state index contributed by atoms with van der Waals surface area (Å²) in [5.41, 5.74) is 1.30. The lowest BCUT2D eigenvalue weighted by Gasteiger charge is -2.06. The maximum absolute atomic E-state index is 5.60. The highest BCUT2D eigenvalue weighted by molar-refractivity contribution is 5.27. The molecule has 3 heteroatoms. The van der Waals surface area contributed by atoms with Crippen molar-refractivity contribution in [1.29, 1.82) is 0 Å². The van der Waals surface area contributed by atoms with Gasteiger partial charge in [0.2, 0.25) is 0 Å². The van der Waals surface area contributed by atoms with Crippen molar-refractivity contribution < 1.29 is 9.47 Å². The Morgan fingerprint density at radius 2 is 1.94 bits per heavy atom. The van der Waals surface area contributed by atoms with E-state index >= 15 is 0 Å². The second kappa shape index (κ2) is 7.39. The van der Waals surface area contributed by atoms with Crippen molar-refractivity contribution in [2.75, 3.05) is 26.4 Å². The third-order valence-corrected chi connectivity index (χ3v) is 3.03. The standard InChI is InChI=1S/C15H23NO2/c1-2-18-15-7-3-13(4-8-15)9-11-17-12-10-16-14-5-6-14/h3-4,7-8,14,16H,2,5-6,9-12H2,1H3. The molecule has 0 aliphatic heterocycles. The largest absolute Gasteiger partial charge is 0.494 e. The maximum atomic E-state index is 5.60. The zero-order valence-corrected chi connectivity index (χ0v) is 11.2. The van der Waals surface area contributed by atoms with Crippen LogP contribution in [0.5, 0.6) is 5.75 Å². The highest BCUT2D eigenvalue weighted by Gasteiger charge is 2.19. The number of benzene rings is 1. The summed E-state index contributed by atoms with van der Waals surface area (Å²) in [6, 6.07) is 9.04. The van der Waals surface area contributed by atoms with Gasteiger partial charge in [0, 0.05) is 12.6 Å². The molecule has 1 saturated carbocycles. The van der Waals surface area contributed by atoms with Crippen LogP contribution in [-0.4, -0.2) is 32.4 Å². The first kappa shape index (κ1) is 13.4. The quantitative estimate of drug-likeness (QED) is 0.682. The molecule has 1 aromatic carbocycles. The van der Waals surface area contributed by atoms with Gasteiger partial charge in [-0.3, -0.25) is 0 Å². The van der Waals surface area contributed by atoms with Crippen molar-refractivity contribution in [3.05, 3.63) is 29.8 Å². The molecule has 100 valence electrons. The van der Waals surface area contributed by atoms with Gasteiger partial charge in [0.1, 0.15) is 5.75 Å². The zero-order valence-electron chi connectivity index (χ0n) is 11.2. The molecule has 0 aromatic heterocycles. The summed E-state index contributed by atoms with van der Waals surface area (Å²) in [4.78, 5) is 0. The molecule has 2 rings (SSSR count). The van der Waals surface area contributed by atoms with E-state index in [9.17, 15) is 0 Å². The lowest BCUT2D eigenvalue weighted by Crippen LogP contribution is -2.22.